The molecule has 0 amide bonds. The molecule has 3 nitrogen and oxygen atoms in total. The molecule has 0 spiro atoms. The van der Waals surface area contributed by atoms with Crippen LogP contribution >= 0.6 is 15.9 Å². The molecule has 0 aliphatic heterocycles. The topological polar surface area (TPSA) is 40.5 Å². The van der Waals surface area contributed by atoms with Gasteiger partial charge in [-0.15, -0.1) is 0 Å². The summed E-state index contributed by atoms with van der Waals surface area (Å²) in [5, 5.41) is 9.01. The van der Waals surface area contributed by atoms with Crippen molar-refractivity contribution in [1.82, 2.24) is 0 Å². The predicted molar refractivity (Wildman–Crippen MR) is 69.1 cm³/mol. The van der Waals surface area contributed by atoms with Crippen LogP contribution in [0.5, 0.6) is 0 Å². The second-order valence-corrected chi connectivity index (χ2v) is 4.69. The lowest BCUT2D eigenvalue weighted by Crippen LogP contribution is -2.33. The van der Waals surface area contributed by atoms with Crippen molar-refractivity contribution in [2.24, 2.45) is 0 Å². The molecule has 0 radical (unpaired) electrons. The molecule has 0 aromatic heterocycles. The minimum absolute atomic E-state index is 0.116. The molecule has 88 valence electrons. The number of carbonyl (C=O) groups excluding carboxylic acids is 1. The highest BCUT2D eigenvalue weighted by molar-refractivity contribution is 9.10. The van der Waals surface area contributed by atoms with Crippen LogP contribution in [-0.4, -0.2) is 30.6 Å². The third-order valence-electron chi connectivity index (χ3n) is 2.41. The first kappa shape index (κ1) is 13.2. The molecule has 0 heterocycles. The smallest absolute Gasteiger partial charge is 0.151 e. The van der Waals surface area contributed by atoms with Crippen LogP contribution in [0, 0.1) is 0 Å². The van der Waals surface area contributed by atoms with E-state index < -0.39 is 0 Å². The van der Waals surface area contributed by atoms with Crippen LogP contribution < -0.4 is 4.90 Å². The van der Waals surface area contributed by atoms with Crippen molar-refractivity contribution in [2.45, 2.75) is 19.9 Å². The minimum Gasteiger partial charge on any atom is -0.395 e. The summed E-state index contributed by atoms with van der Waals surface area (Å²) in [4.78, 5) is 12.8. The maximum Gasteiger partial charge on any atom is 0.151 e. The second-order valence-electron chi connectivity index (χ2n) is 3.83. The number of aldehydes is 1. The number of benzene rings is 1. The first-order valence-electron chi connectivity index (χ1n) is 5.22. The molecule has 0 saturated carbocycles. The SMILES string of the molecule is CC(C)N(CCO)c1ccc(C=O)c(Br)c1. The van der Waals surface area contributed by atoms with E-state index in [1.54, 1.807) is 6.07 Å². The van der Waals surface area contributed by atoms with Gasteiger partial charge in [0.1, 0.15) is 0 Å². The third-order valence-corrected chi connectivity index (χ3v) is 3.09. The number of hydrogen-bond donors (Lipinski definition) is 1. The monoisotopic (exact) mass is 285 g/mol. The minimum atomic E-state index is 0.116. The largest absolute Gasteiger partial charge is 0.395 e. The van der Waals surface area contributed by atoms with E-state index >= 15 is 0 Å². The zero-order chi connectivity index (χ0) is 12.1. The lowest BCUT2D eigenvalue weighted by molar-refractivity contribution is 0.112. The van der Waals surface area contributed by atoms with Crippen LogP contribution in [0.1, 0.15) is 24.2 Å². The normalized spacial score (nSPS) is 10.6. The van der Waals surface area contributed by atoms with Crippen LogP contribution in [0.2, 0.25) is 0 Å². The summed E-state index contributed by atoms with van der Waals surface area (Å²) in [5.74, 6) is 0. The predicted octanol–water partition coefficient (Wildman–Crippen LogP) is 2.47. The zero-order valence-electron chi connectivity index (χ0n) is 9.48. The first-order valence-corrected chi connectivity index (χ1v) is 6.01. The lowest BCUT2D eigenvalue weighted by Gasteiger charge is -2.28. The molecule has 0 saturated heterocycles. The third kappa shape index (κ3) is 3.06. The van der Waals surface area contributed by atoms with Gasteiger partial charge in [0.25, 0.3) is 0 Å². The summed E-state index contributed by atoms with van der Waals surface area (Å²) in [5.41, 5.74) is 1.64. The Kier molecular flexibility index (Phi) is 4.96. The van der Waals surface area contributed by atoms with Gasteiger partial charge in [-0.2, -0.15) is 0 Å². The van der Waals surface area contributed by atoms with Crippen molar-refractivity contribution in [3.05, 3.63) is 28.2 Å². The summed E-state index contributed by atoms with van der Waals surface area (Å²) in [6.07, 6.45) is 0.819. The van der Waals surface area contributed by atoms with Crippen LogP contribution in [0.4, 0.5) is 5.69 Å². The number of carbonyl (C=O) groups is 1. The molecular formula is C12H16BrNO2. The summed E-state index contributed by atoms with van der Waals surface area (Å²) in [6, 6.07) is 5.88. The van der Waals surface area contributed by atoms with Crippen LogP contribution in [-0.2, 0) is 0 Å². The van der Waals surface area contributed by atoms with Gasteiger partial charge >= 0.3 is 0 Å². The van der Waals surface area contributed by atoms with E-state index in [9.17, 15) is 4.79 Å². The Balaban J connectivity index is 3.01. The van der Waals surface area contributed by atoms with Gasteiger partial charge in [0.2, 0.25) is 0 Å². The molecule has 0 bridgehead atoms. The number of nitrogens with zero attached hydrogens (tertiary/aromatic N) is 1. The van der Waals surface area contributed by atoms with E-state index in [1.807, 2.05) is 12.1 Å². The van der Waals surface area contributed by atoms with E-state index in [2.05, 4.69) is 34.7 Å². The van der Waals surface area contributed by atoms with Crippen molar-refractivity contribution in [2.75, 3.05) is 18.1 Å². The molecule has 16 heavy (non-hydrogen) atoms. The lowest BCUT2D eigenvalue weighted by atomic mass is 10.2. The van der Waals surface area contributed by atoms with Gasteiger partial charge < -0.3 is 10.0 Å². The average Bonchev–Trinajstić information content (AvgIpc) is 2.25. The fraction of sp³-hybridized carbons (Fsp3) is 0.417. The molecule has 1 aromatic rings. The van der Waals surface area contributed by atoms with Gasteiger partial charge in [-0.05, 0) is 48.0 Å². The maximum absolute atomic E-state index is 10.7. The summed E-state index contributed by atoms with van der Waals surface area (Å²) in [6.45, 7) is 4.84. The van der Waals surface area contributed by atoms with Crippen molar-refractivity contribution < 1.29 is 9.90 Å². The zero-order valence-corrected chi connectivity index (χ0v) is 11.1. The van der Waals surface area contributed by atoms with Gasteiger partial charge in [0, 0.05) is 28.3 Å². The molecule has 1 N–H and O–H groups in total. The van der Waals surface area contributed by atoms with Crippen molar-refractivity contribution in [1.29, 1.82) is 0 Å². The van der Waals surface area contributed by atoms with E-state index in [0.29, 0.717) is 18.2 Å². The van der Waals surface area contributed by atoms with Crippen molar-refractivity contribution >= 4 is 27.9 Å². The summed E-state index contributed by atoms with van der Waals surface area (Å²) < 4.78 is 0.781. The highest BCUT2D eigenvalue weighted by Gasteiger charge is 2.11. The quantitative estimate of drug-likeness (QED) is 0.845. The Morgan fingerprint density at radius 3 is 2.62 bits per heavy atom. The van der Waals surface area contributed by atoms with Crippen molar-refractivity contribution in [3.8, 4) is 0 Å². The molecule has 0 atom stereocenters. The van der Waals surface area contributed by atoms with E-state index in [-0.39, 0.29) is 6.61 Å². The fourth-order valence-corrected chi connectivity index (χ4v) is 2.04. The molecule has 1 aromatic carbocycles. The Morgan fingerprint density at radius 1 is 1.50 bits per heavy atom. The summed E-state index contributed by atoms with van der Waals surface area (Å²) in [7, 11) is 0. The highest BCUT2D eigenvalue weighted by atomic mass is 79.9. The van der Waals surface area contributed by atoms with Gasteiger partial charge in [0.15, 0.2) is 6.29 Å². The molecule has 1 rings (SSSR count). The number of anilines is 1. The summed E-state index contributed by atoms with van der Waals surface area (Å²) >= 11 is 3.36. The van der Waals surface area contributed by atoms with Gasteiger partial charge in [-0.25, -0.2) is 0 Å². The number of halogens is 1. The Labute approximate surface area is 104 Å². The van der Waals surface area contributed by atoms with E-state index in [4.69, 9.17) is 5.11 Å². The molecule has 4 heteroatoms. The highest BCUT2D eigenvalue weighted by Crippen LogP contribution is 2.24. The van der Waals surface area contributed by atoms with Gasteiger partial charge in [-0.3, -0.25) is 4.79 Å². The fourth-order valence-electron chi connectivity index (χ4n) is 1.58. The standard InChI is InChI=1S/C12H16BrNO2/c1-9(2)14(5-6-15)11-4-3-10(8-16)12(13)7-11/h3-4,7-9,15H,5-6H2,1-2H3. The number of rotatable bonds is 5. The first-order chi connectivity index (χ1) is 7.60. The molecule has 0 fully saturated rings. The van der Waals surface area contributed by atoms with E-state index in [0.717, 1.165) is 16.4 Å². The number of hydrogen-bond acceptors (Lipinski definition) is 3. The van der Waals surface area contributed by atoms with Gasteiger partial charge in [0.05, 0.1) is 6.61 Å². The Bertz CT molecular complexity index is 366. The molecular weight excluding hydrogens is 270 g/mol. The van der Waals surface area contributed by atoms with Crippen molar-refractivity contribution in [3.63, 3.8) is 0 Å². The Morgan fingerprint density at radius 2 is 2.19 bits per heavy atom. The second kappa shape index (κ2) is 6.01. The van der Waals surface area contributed by atoms with Crippen LogP contribution in [0.3, 0.4) is 0 Å². The average molecular weight is 286 g/mol. The number of aliphatic hydroxyl groups is 1. The molecule has 0 unspecified atom stereocenters. The molecule has 0 aliphatic carbocycles. The molecule has 0 aliphatic rings. The van der Waals surface area contributed by atoms with Crippen LogP contribution in [0.15, 0.2) is 22.7 Å². The van der Waals surface area contributed by atoms with E-state index in [1.165, 1.54) is 0 Å². The maximum atomic E-state index is 10.7. The van der Waals surface area contributed by atoms with Crippen LogP contribution in [0.25, 0.3) is 0 Å². The Hall–Kier alpha value is -0.870. The van der Waals surface area contributed by atoms with Gasteiger partial charge in [-0.1, -0.05) is 0 Å². The number of aliphatic hydroxyl groups excluding tert-OH is 1.